The predicted octanol–water partition coefficient (Wildman–Crippen LogP) is 0.781. The van der Waals surface area contributed by atoms with Gasteiger partial charge in [0.05, 0.1) is 0 Å². The summed E-state index contributed by atoms with van der Waals surface area (Å²) in [6, 6.07) is 0.329. The summed E-state index contributed by atoms with van der Waals surface area (Å²) >= 11 is 0. The van der Waals surface area contributed by atoms with Crippen LogP contribution in [0, 0.1) is 0 Å². The SMILES string of the molecule is CCCCCCC(C)NCC(O)C(N)=O. The van der Waals surface area contributed by atoms with Crippen LogP contribution in [0.4, 0.5) is 0 Å². The quantitative estimate of drug-likeness (QED) is 0.499. The Labute approximate surface area is 92.2 Å². The van der Waals surface area contributed by atoms with E-state index in [0.29, 0.717) is 6.04 Å². The molecule has 0 aliphatic heterocycles. The molecule has 0 aromatic heterocycles. The van der Waals surface area contributed by atoms with Crippen LogP contribution in [-0.2, 0) is 4.79 Å². The molecule has 0 saturated carbocycles. The molecule has 15 heavy (non-hydrogen) atoms. The van der Waals surface area contributed by atoms with E-state index < -0.39 is 12.0 Å². The standard InChI is InChI=1S/C11H24N2O2/c1-3-4-5-6-7-9(2)13-8-10(14)11(12)15/h9-10,13-14H,3-8H2,1-2H3,(H2,12,15). The van der Waals surface area contributed by atoms with E-state index in [1.165, 1.54) is 25.7 Å². The van der Waals surface area contributed by atoms with Crippen molar-refractivity contribution in [3.63, 3.8) is 0 Å². The van der Waals surface area contributed by atoms with Gasteiger partial charge in [0.25, 0.3) is 0 Å². The zero-order valence-electron chi connectivity index (χ0n) is 9.83. The van der Waals surface area contributed by atoms with Gasteiger partial charge in [-0.25, -0.2) is 0 Å². The fraction of sp³-hybridized carbons (Fsp3) is 0.909. The second-order valence-corrected chi connectivity index (χ2v) is 4.08. The Morgan fingerprint density at radius 2 is 2.07 bits per heavy atom. The Morgan fingerprint density at radius 1 is 1.40 bits per heavy atom. The van der Waals surface area contributed by atoms with Crippen LogP contribution in [0.2, 0.25) is 0 Å². The van der Waals surface area contributed by atoms with Crippen molar-refractivity contribution in [1.82, 2.24) is 5.32 Å². The minimum Gasteiger partial charge on any atom is -0.382 e. The Bertz CT molecular complexity index is 174. The van der Waals surface area contributed by atoms with Crippen molar-refractivity contribution < 1.29 is 9.90 Å². The molecule has 0 aliphatic rings. The zero-order chi connectivity index (χ0) is 11.7. The third kappa shape index (κ3) is 8.39. The van der Waals surface area contributed by atoms with Crippen molar-refractivity contribution in [1.29, 1.82) is 0 Å². The maximum Gasteiger partial charge on any atom is 0.247 e. The molecular formula is C11H24N2O2. The number of carbonyl (C=O) groups is 1. The Hall–Kier alpha value is -0.610. The average molecular weight is 216 g/mol. The van der Waals surface area contributed by atoms with Gasteiger partial charge in [-0.2, -0.15) is 0 Å². The minimum atomic E-state index is -1.07. The van der Waals surface area contributed by atoms with Gasteiger partial charge >= 0.3 is 0 Å². The molecule has 0 saturated heterocycles. The lowest BCUT2D eigenvalue weighted by molar-refractivity contribution is -0.125. The molecule has 0 aliphatic carbocycles. The second kappa shape index (κ2) is 8.68. The molecule has 0 rings (SSSR count). The summed E-state index contributed by atoms with van der Waals surface area (Å²) in [4.78, 5) is 10.5. The molecule has 0 spiro atoms. The van der Waals surface area contributed by atoms with E-state index in [2.05, 4.69) is 19.2 Å². The molecule has 0 aromatic carbocycles. The first-order valence-corrected chi connectivity index (χ1v) is 5.78. The van der Waals surface area contributed by atoms with Crippen molar-refractivity contribution in [3.8, 4) is 0 Å². The van der Waals surface area contributed by atoms with Gasteiger partial charge in [0.1, 0.15) is 6.10 Å². The number of aliphatic hydroxyl groups excluding tert-OH is 1. The van der Waals surface area contributed by atoms with Gasteiger partial charge in [0.2, 0.25) is 5.91 Å². The van der Waals surface area contributed by atoms with Crippen LogP contribution in [0.3, 0.4) is 0 Å². The summed E-state index contributed by atoms with van der Waals surface area (Å²) < 4.78 is 0. The van der Waals surface area contributed by atoms with Crippen LogP contribution >= 0.6 is 0 Å². The highest BCUT2D eigenvalue weighted by molar-refractivity contribution is 5.78. The van der Waals surface area contributed by atoms with Crippen molar-refractivity contribution in [3.05, 3.63) is 0 Å². The van der Waals surface area contributed by atoms with Crippen LogP contribution in [0.5, 0.6) is 0 Å². The molecule has 2 atom stereocenters. The molecule has 0 radical (unpaired) electrons. The topological polar surface area (TPSA) is 75.3 Å². The van der Waals surface area contributed by atoms with E-state index in [1.54, 1.807) is 0 Å². The van der Waals surface area contributed by atoms with Gasteiger partial charge in [-0.15, -0.1) is 0 Å². The normalized spacial score (nSPS) is 14.9. The molecule has 4 heteroatoms. The lowest BCUT2D eigenvalue weighted by Crippen LogP contribution is -2.40. The fourth-order valence-corrected chi connectivity index (χ4v) is 1.39. The third-order valence-corrected chi connectivity index (χ3v) is 2.48. The van der Waals surface area contributed by atoms with E-state index in [0.717, 1.165) is 6.42 Å². The molecule has 4 nitrogen and oxygen atoms in total. The summed E-state index contributed by atoms with van der Waals surface area (Å²) in [7, 11) is 0. The number of nitrogens with one attached hydrogen (secondary N) is 1. The zero-order valence-corrected chi connectivity index (χ0v) is 9.83. The number of nitrogens with two attached hydrogens (primary N) is 1. The minimum absolute atomic E-state index is 0.254. The summed E-state index contributed by atoms with van der Waals surface area (Å²) in [6.45, 7) is 4.49. The monoisotopic (exact) mass is 216 g/mol. The lowest BCUT2D eigenvalue weighted by Gasteiger charge is -2.15. The van der Waals surface area contributed by atoms with Crippen molar-refractivity contribution in [2.24, 2.45) is 5.73 Å². The maximum absolute atomic E-state index is 10.5. The lowest BCUT2D eigenvalue weighted by atomic mass is 10.1. The van der Waals surface area contributed by atoms with Gasteiger partial charge in [-0.3, -0.25) is 4.79 Å². The van der Waals surface area contributed by atoms with Gasteiger partial charge in [0, 0.05) is 12.6 Å². The van der Waals surface area contributed by atoms with E-state index in [-0.39, 0.29) is 6.54 Å². The highest BCUT2D eigenvalue weighted by Crippen LogP contribution is 2.04. The summed E-state index contributed by atoms with van der Waals surface area (Å²) in [5.74, 6) is -0.666. The van der Waals surface area contributed by atoms with E-state index in [1.807, 2.05) is 0 Å². The van der Waals surface area contributed by atoms with Crippen LogP contribution < -0.4 is 11.1 Å². The highest BCUT2D eigenvalue weighted by atomic mass is 16.3. The number of hydrogen-bond donors (Lipinski definition) is 3. The van der Waals surface area contributed by atoms with E-state index in [9.17, 15) is 4.79 Å². The van der Waals surface area contributed by atoms with Crippen LogP contribution in [0.15, 0.2) is 0 Å². The van der Waals surface area contributed by atoms with Crippen molar-refractivity contribution in [2.45, 2.75) is 58.1 Å². The van der Waals surface area contributed by atoms with Crippen LogP contribution in [0.25, 0.3) is 0 Å². The number of unbranched alkanes of at least 4 members (excludes halogenated alkanes) is 3. The molecule has 90 valence electrons. The highest BCUT2D eigenvalue weighted by Gasteiger charge is 2.11. The van der Waals surface area contributed by atoms with Crippen molar-refractivity contribution in [2.75, 3.05) is 6.54 Å². The molecule has 0 aromatic rings. The molecule has 4 N–H and O–H groups in total. The first-order chi connectivity index (χ1) is 7.07. The number of primary amides is 1. The Morgan fingerprint density at radius 3 is 2.60 bits per heavy atom. The molecule has 0 fully saturated rings. The first-order valence-electron chi connectivity index (χ1n) is 5.78. The molecule has 1 amide bonds. The van der Waals surface area contributed by atoms with Gasteiger partial charge in [-0.05, 0) is 13.3 Å². The van der Waals surface area contributed by atoms with Crippen molar-refractivity contribution >= 4 is 5.91 Å². The number of rotatable bonds is 9. The number of amides is 1. The summed E-state index contributed by atoms with van der Waals surface area (Å²) in [5.41, 5.74) is 4.93. The summed E-state index contributed by atoms with van der Waals surface area (Å²) in [6.07, 6.45) is 4.96. The van der Waals surface area contributed by atoms with Gasteiger partial charge < -0.3 is 16.2 Å². The molecule has 0 bridgehead atoms. The fourth-order valence-electron chi connectivity index (χ4n) is 1.39. The third-order valence-electron chi connectivity index (χ3n) is 2.48. The van der Waals surface area contributed by atoms with Gasteiger partial charge in [-0.1, -0.05) is 32.6 Å². The summed E-state index contributed by atoms with van der Waals surface area (Å²) in [5, 5.41) is 12.2. The van der Waals surface area contributed by atoms with Crippen LogP contribution in [0.1, 0.15) is 46.0 Å². The number of hydrogen-bond acceptors (Lipinski definition) is 3. The molecule has 2 unspecified atom stereocenters. The van der Waals surface area contributed by atoms with E-state index >= 15 is 0 Å². The average Bonchev–Trinajstić information content (AvgIpc) is 2.20. The number of aliphatic hydroxyl groups is 1. The number of carbonyl (C=O) groups excluding carboxylic acids is 1. The predicted molar refractivity (Wildman–Crippen MR) is 61.4 cm³/mol. The second-order valence-electron chi connectivity index (χ2n) is 4.08. The maximum atomic E-state index is 10.5. The first kappa shape index (κ1) is 14.4. The largest absolute Gasteiger partial charge is 0.382 e. The Balaban J connectivity index is 3.40. The van der Waals surface area contributed by atoms with Gasteiger partial charge in [0.15, 0.2) is 0 Å². The van der Waals surface area contributed by atoms with E-state index in [4.69, 9.17) is 10.8 Å². The Kier molecular flexibility index (Phi) is 8.33. The smallest absolute Gasteiger partial charge is 0.247 e. The molecular weight excluding hydrogens is 192 g/mol. The molecule has 0 heterocycles. The van der Waals surface area contributed by atoms with Crippen LogP contribution in [-0.4, -0.2) is 29.7 Å².